The number of rotatable bonds is 4. The second-order valence-electron chi connectivity index (χ2n) is 3.23. The van der Waals surface area contributed by atoms with E-state index in [4.69, 9.17) is 11.6 Å². The summed E-state index contributed by atoms with van der Waals surface area (Å²) >= 11 is 5.65. The van der Waals surface area contributed by atoms with Crippen molar-refractivity contribution in [3.8, 4) is 0 Å². The maximum atomic E-state index is 5.65. The van der Waals surface area contributed by atoms with Crippen molar-refractivity contribution in [2.75, 3.05) is 6.54 Å². The first kappa shape index (κ1) is 14.1. The van der Waals surface area contributed by atoms with Gasteiger partial charge in [0.05, 0.1) is 0 Å². The van der Waals surface area contributed by atoms with E-state index in [1.165, 1.54) is 0 Å². The van der Waals surface area contributed by atoms with Gasteiger partial charge in [-0.25, -0.2) is 4.98 Å². The van der Waals surface area contributed by atoms with Gasteiger partial charge in [-0.1, -0.05) is 24.6 Å². The van der Waals surface area contributed by atoms with E-state index in [-0.39, 0.29) is 21.1 Å². The minimum absolute atomic E-state index is 0. The molecule has 14 heavy (non-hydrogen) atoms. The summed E-state index contributed by atoms with van der Waals surface area (Å²) in [5, 5.41) is 3.81. The van der Waals surface area contributed by atoms with Crippen LogP contribution in [0.1, 0.15) is 12.5 Å². The van der Waals surface area contributed by atoms with Crippen LogP contribution in [0.25, 0.3) is 0 Å². The second kappa shape index (κ2) is 7.39. The van der Waals surface area contributed by atoms with Gasteiger partial charge in [-0.2, -0.15) is 5.92 Å². The van der Waals surface area contributed by atoms with Crippen LogP contribution in [-0.4, -0.2) is 11.5 Å². The molecule has 0 amide bonds. The molecule has 0 aliphatic carbocycles. The Hall–Kier alpha value is 0.0883. The first-order valence-electron chi connectivity index (χ1n) is 4.32. The van der Waals surface area contributed by atoms with Gasteiger partial charge in [-0.3, -0.25) is 0 Å². The standard InChI is InChI=1S/C10H14ClN2.W/c1-8(2)5-12-6-9-3-4-10(11)13-7-9;/h3-4,7-8,12H,1,5-6H2,2H3;/q-1;. The maximum Gasteiger partial charge on any atom is 0.129 e. The first-order chi connectivity index (χ1) is 6.18. The molecular weight excluding hydrogens is 367 g/mol. The zero-order chi connectivity index (χ0) is 9.68. The van der Waals surface area contributed by atoms with E-state index in [2.05, 4.69) is 24.1 Å². The van der Waals surface area contributed by atoms with Crippen molar-refractivity contribution in [3.05, 3.63) is 36.0 Å². The zero-order valence-electron chi connectivity index (χ0n) is 8.16. The number of pyridine rings is 1. The minimum atomic E-state index is 0. The zero-order valence-corrected chi connectivity index (χ0v) is 11.9. The number of hydrogen-bond acceptors (Lipinski definition) is 2. The molecule has 0 saturated heterocycles. The second-order valence-corrected chi connectivity index (χ2v) is 3.61. The van der Waals surface area contributed by atoms with E-state index in [1.54, 1.807) is 12.3 Å². The van der Waals surface area contributed by atoms with Gasteiger partial charge >= 0.3 is 0 Å². The molecule has 1 rings (SSSR count). The normalized spacial score (nSPS) is 11.9. The Morgan fingerprint density at radius 2 is 2.29 bits per heavy atom. The van der Waals surface area contributed by atoms with Crippen LogP contribution >= 0.6 is 11.6 Å². The molecule has 0 aliphatic rings. The first-order valence-corrected chi connectivity index (χ1v) is 4.70. The Morgan fingerprint density at radius 1 is 1.57 bits per heavy atom. The van der Waals surface area contributed by atoms with Gasteiger partial charge in [0.15, 0.2) is 0 Å². The fraction of sp³-hybridized carbons (Fsp3) is 0.400. The van der Waals surface area contributed by atoms with Crippen molar-refractivity contribution in [1.29, 1.82) is 0 Å². The molecule has 1 aromatic rings. The van der Waals surface area contributed by atoms with Crippen molar-refractivity contribution in [3.63, 3.8) is 0 Å². The summed E-state index contributed by atoms with van der Waals surface area (Å²) < 4.78 is 0. The molecule has 0 fully saturated rings. The van der Waals surface area contributed by atoms with Crippen molar-refractivity contribution in [2.45, 2.75) is 13.5 Å². The smallest absolute Gasteiger partial charge is 0.129 e. The largest absolute Gasteiger partial charge is 0.339 e. The summed E-state index contributed by atoms with van der Waals surface area (Å²) in [4.78, 5) is 3.99. The summed E-state index contributed by atoms with van der Waals surface area (Å²) in [5.74, 6) is 0.431. The fourth-order valence-electron chi connectivity index (χ4n) is 0.974. The van der Waals surface area contributed by atoms with Gasteiger partial charge in [0.25, 0.3) is 0 Å². The van der Waals surface area contributed by atoms with E-state index in [9.17, 15) is 0 Å². The number of aromatic nitrogens is 1. The molecule has 1 atom stereocenters. The average molecular weight is 382 g/mol. The average Bonchev–Trinajstić information content (AvgIpc) is 2.08. The van der Waals surface area contributed by atoms with E-state index in [1.807, 2.05) is 6.07 Å². The Morgan fingerprint density at radius 3 is 2.79 bits per heavy atom. The van der Waals surface area contributed by atoms with Crippen molar-refractivity contribution >= 4 is 11.6 Å². The van der Waals surface area contributed by atoms with Gasteiger partial charge < -0.3 is 12.2 Å². The van der Waals surface area contributed by atoms with Crippen molar-refractivity contribution in [2.24, 2.45) is 5.92 Å². The summed E-state index contributed by atoms with van der Waals surface area (Å²) in [6.45, 7) is 7.70. The van der Waals surface area contributed by atoms with Crippen LogP contribution in [0.3, 0.4) is 0 Å². The van der Waals surface area contributed by atoms with Gasteiger partial charge in [-0.15, -0.1) is 0 Å². The van der Waals surface area contributed by atoms with Crippen LogP contribution in [0.2, 0.25) is 5.15 Å². The van der Waals surface area contributed by atoms with E-state index < -0.39 is 0 Å². The molecule has 0 saturated carbocycles. The van der Waals surface area contributed by atoms with Crippen LogP contribution < -0.4 is 5.32 Å². The SMILES string of the molecule is [CH2-]C(C)CNCc1ccc(Cl)nc1.[W]. The van der Waals surface area contributed by atoms with Gasteiger partial charge in [0, 0.05) is 33.8 Å². The molecule has 0 aromatic carbocycles. The van der Waals surface area contributed by atoms with E-state index in [0.717, 1.165) is 18.7 Å². The summed E-state index contributed by atoms with van der Waals surface area (Å²) in [6.07, 6.45) is 1.78. The van der Waals surface area contributed by atoms with Crippen molar-refractivity contribution < 1.29 is 21.1 Å². The molecular formula is C10H14ClN2W-. The van der Waals surface area contributed by atoms with Crippen LogP contribution in [0.15, 0.2) is 18.3 Å². The number of nitrogens with one attached hydrogen (secondary N) is 1. The monoisotopic (exact) mass is 381 g/mol. The summed E-state index contributed by atoms with van der Waals surface area (Å²) in [6, 6.07) is 3.77. The molecule has 78 valence electrons. The van der Waals surface area contributed by atoms with Gasteiger partial charge in [-0.05, 0) is 18.2 Å². The molecule has 0 spiro atoms. The van der Waals surface area contributed by atoms with Crippen molar-refractivity contribution in [1.82, 2.24) is 10.3 Å². The molecule has 1 N–H and O–H groups in total. The fourth-order valence-corrected chi connectivity index (χ4v) is 1.09. The molecule has 1 aromatic heterocycles. The van der Waals surface area contributed by atoms with Crippen LogP contribution in [0.5, 0.6) is 0 Å². The maximum absolute atomic E-state index is 5.65. The summed E-state index contributed by atoms with van der Waals surface area (Å²) in [5.41, 5.74) is 1.14. The van der Waals surface area contributed by atoms with Gasteiger partial charge in [0.2, 0.25) is 0 Å². The Balaban J connectivity index is 0.00000169. The predicted octanol–water partition coefficient (Wildman–Crippen LogP) is 2.29. The minimum Gasteiger partial charge on any atom is -0.339 e. The third-order valence-electron chi connectivity index (χ3n) is 1.61. The quantitative estimate of drug-likeness (QED) is 0.639. The number of nitrogens with zero attached hydrogens (tertiary/aromatic N) is 1. The summed E-state index contributed by atoms with van der Waals surface area (Å²) in [7, 11) is 0. The topological polar surface area (TPSA) is 24.9 Å². The molecule has 4 heteroatoms. The molecule has 2 nitrogen and oxygen atoms in total. The molecule has 0 bridgehead atoms. The Bertz CT molecular complexity index is 249. The van der Waals surface area contributed by atoms with Crippen LogP contribution in [-0.2, 0) is 27.6 Å². The van der Waals surface area contributed by atoms with Crippen LogP contribution in [0.4, 0.5) is 0 Å². The molecule has 1 unspecified atom stereocenters. The molecule has 1 heterocycles. The Kier molecular flexibility index (Phi) is 7.44. The van der Waals surface area contributed by atoms with E-state index >= 15 is 0 Å². The third kappa shape index (κ3) is 5.74. The number of halogens is 1. The predicted molar refractivity (Wildman–Crippen MR) is 55.5 cm³/mol. The molecule has 0 aliphatic heterocycles. The third-order valence-corrected chi connectivity index (χ3v) is 1.83. The van der Waals surface area contributed by atoms with E-state index in [0.29, 0.717) is 11.1 Å². The molecule has 0 radical (unpaired) electrons. The Labute approximate surface area is 105 Å². The number of hydrogen-bond donors (Lipinski definition) is 1. The van der Waals surface area contributed by atoms with Crippen LogP contribution in [0, 0.1) is 12.8 Å². The van der Waals surface area contributed by atoms with Gasteiger partial charge in [0.1, 0.15) is 5.15 Å².